The normalized spacial score (nSPS) is 12.8. The molecule has 0 aromatic carbocycles. The molecule has 0 aromatic heterocycles. The molecular formula is C66H112O6. The summed E-state index contributed by atoms with van der Waals surface area (Å²) in [5, 5.41) is 0. The zero-order valence-corrected chi connectivity index (χ0v) is 47.2. The van der Waals surface area contributed by atoms with Crippen LogP contribution in [0.5, 0.6) is 0 Å². The topological polar surface area (TPSA) is 78.9 Å². The van der Waals surface area contributed by atoms with Crippen LogP contribution in [0.4, 0.5) is 0 Å². The number of allylic oxidation sites excluding steroid dienone is 16. The van der Waals surface area contributed by atoms with Gasteiger partial charge in [-0.2, -0.15) is 0 Å². The van der Waals surface area contributed by atoms with Gasteiger partial charge in [-0.1, -0.05) is 253 Å². The van der Waals surface area contributed by atoms with Crippen molar-refractivity contribution in [2.24, 2.45) is 0 Å². The van der Waals surface area contributed by atoms with E-state index in [1.165, 1.54) is 148 Å². The predicted octanol–water partition coefficient (Wildman–Crippen LogP) is 20.5. The molecule has 0 aliphatic heterocycles. The minimum atomic E-state index is -0.815. The van der Waals surface area contributed by atoms with Crippen molar-refractivity contribution in [1.82, 2.24) is 0 Å². The molecule has 0 rings (SSSR count). The average Bonchev–Trinajstić information content (AvgIpc) is 3.38. The highest BCUT2D eigenvalue weighted by molar-refractivity contribution is 5.71. The Kier molecular flexibility index (Phi) is 56.8. The monoisotopic (exact) mass is 1000 g/mol. The number of ether oxygens (including phenoxy) is 3. The first-order chi connectivity index (χ1) is 35.5. The second-order valence-electron chi connectivity index (χ2n) is 19.9. The summed E-state index contributed by atoms with van der Waals surface area (Å²) >= 11 is 0. The molecule has 0 spiro atoms. The molecule has 0 fully saturated rings. The molecule has 0 radical (unpaired) electrons. The molecule has 6 heteroatoms. The van der Waals surface area contributed by atoms with Gasteiger partial charge in [0.25, 0.3) is 0 Å². The molecule has 0 heterocycles. The minimum absolute atomic E-state index is 0.107. The number of carbonyl (C=O) groups is 3. The summed E-state index contributed by atoms with van der Waals surface area (Å²) in [6, 6.07) is 0. The fourth-order valence-electron chi connectivity index (χ4n) is 8.28. The van der Waals surface area contributed by atoms with Gasteiger partial charge in [-0.25, -0.2) is 0 Å². The van der Waals surface area contributed by atoms with Crippen LogP contribution >= 0.6 is 0 Å². The first-order valence-electron chi connectivity index (χ1n) is 30.2. The molecule has 0 saturated carbocycles. The van der Waals surface area contributed by atoms with Crippen molar-refractivity contribution in [2.75, 3.05) is 13.2 Å². The van der Waals surface area contributed by atoms with Gasteiger partial charge in [-0.15, -0.1) is 0 Å². The Labute approximate surface area is 445 Å². The quantitative estimate of drug-likeness (QED) is 0.0261. The van der Waals surface area contributed by atoms with Gasteiger partial charge < -0.3 is 14.2 Å². The minimum Gasteiger partial charge on any atom is -0.462 e. The average molecular weight is 1000 g/mol. The Bertz CT molecular complexity index is 1430. The van der Waals surface area contributed by atoms with Gasteiger partial charge in [0.05, 0.1) is 0 Å². The molecule has 72 heavy (non-hydrogen) atoms. The van der Waals surface area contributed by atoms with Crippen LogP contribution in [-0.2, 0) is 28.6 Å². The van der Waals surface area contributed by atoms with Crippen LogP contribution in [0.1, 0.15) is 284 Å². The van der Waals surface area contributed by atoms with Crippen LogP contribution in [-0.4, -0.2) is 37.2 Å². The Hall–Kier alpha value is -3.67. The van der Waals surface area contributed by atoms with E-state index in [1.807, 2.05) is 6.08 Å². The summed E-state index contributed by atoms with van der Waals surface area (Å²) in [6.45, 7) is 6.47. The summed E-state index contributed by atoms with van der Waals surface area (Å²) in [4.78, 5) is 38.2. The molecule has 0 bridgehead atoms. The van der Waals surface area contributed by atoms with Crippen LogP contribution in [0.25, 0.3) is 0 Å². The van der Waals surface area contributed by atoms with E-state index in [0.717, 1.165) is 89.9 Å². The SMILES string of the molecule is CC/C=C\C/C=C\C/C=C\C/C=C\C/C=C\C/C=C\CCC(=O)OC[C@@H](COC(=O)CCCCCCC/C=C\CCCCCCCCC)OC(=O)CCCCCCCCC/C=C\CCCCCCCCCC. The number of unbranched alkanes of at least 4 members (excludes halogenated alkanes) is 27. The Morgan fingerprint density at radius 2 is 0.569 bits per heavy atom. The molecule has 0 N–H and O–H groups in total. The standard InChI is InChI=1S/C66H112O6/c1-4-7-10-13-16-19-22-25-28-31-33-35-38-41-44-47-50-53-56-59-65(68)71-62-63(61-70-64(67)58-55-52-49-46-43-40-37-30-27-24-21-18-15-12-9-6-3)72-66(69)60-57-54-51-48-45-42-39-36-34-32-29-26-23-20-17-14-11-8-5-2/h7,10,16,19,25,28,30,32-35,37,41,44,50,53,63H,4-6,8-9,11-15,17-18,20-24,26-27,29,31,36,38-40,42-43,45-49,51-52,54-62H2,1-3H3/b10-7-,19-16-,28-25-,34-32-,35-33-,37-30-,44-41-,53-50-/t63-/m1/s1. The molecule has 6 nitrogen and oxygen atoms in total. The van der Waals surface area contributed by atoms with Crippen molar-refractivity contribution in [3.63, 3.8) is 0 Å². The maximum atomic E-state index is 12.9. The van der Waals surface area contributed by atoms with Gasteiger partial charge in [0, 0.05) is 19.3 Å². The largest absolute Gasteiger partial charge is 0.462 e. The zero-order chi connectivity index (χ0) is 52.2. The molecule has 0 amide bonds. The van der Waals surface area contributed by atoms with E-state index in [-0.39, 0.29) is 37.5 Å². The van der Waals surface area contributed by atoms with E-state index < -0.39 is 6.10 Å². The molecular weight excluding hydrogens is 889 g/mol. The van der Waals surface area contributed by atoms with Crippen molar-refractivity contribution < 1.29 is 28.6 Å². The lowest BCUT2D eigenvalue weighted by Crippen LogP contribution is -2.30. The lowest BCUT2D eigenvalue weighted by Gasteiger charge is -2.18. The molecule has 1 atom stereocenters. The van der Waals surface area contributed by atoms with Crippen molar-refractivity contribution >= 4 is 17.9 Å². The van der Waals surface area contributed by atoms with Crippen LogP contribution in [0, 0.1) is 0 Å². The summed E-state index contributed by atoms with van der Waals surface area (Å²) in [7, 11) is 0. The lowest BCUT2D eigenvalue weighted by molar-refractivity contribution is -0.166. The molecule has 412 valence electrons. The highest BCUT2D eigenvalue weighted by Gasteiger charge is 2.19. The van der Waals surface area contributed by atoms with Gasteiger partial charge >= 0.3 is 17.9 Å². The van der Waals surface area contributed by atoms with Crippen molar-refractivity contribution in [3.8, 4) is 0 Å². The number of hydrogen-bond donors (Lipinski definition) is 0. The van der Waals surface area contributed by atoms with Gasteiger partial charge in [-0.3, -0.25) is 14.4 Å². The molecule has 0 saturated heterocycles. The summed E-state index contributed by atoms with van der Waals surface area (Å²) in [5.41, 5.74) is 0. The molecule has 0 aliphatic rings. The third kappa shape index (κ3) is 57.2. The van der Waals surface area contributed by atoms with E-state index >= 15 is 0 Å². The third-order valence-electron chi connectivity index (χ3n) is 12.8. The van der Waals surface area contributed by atoms with E-state index in [4.69, 9.17) is 14.2 Å². The maximum absolute atomic E-state index is 12.9. The number of esters is 3. The Balaban J connectivity index is 4.50. The third-order valence-corrected chi connectivity index (χ3v) is 12.8. The molecule has 0 aromatic rings. The summed E-state index contributed by atoms with van der Waals surface area (Å²) < 4.78 is 16.8. The number of hydrogen-bond acceptors (Lipinski definition) is 6. The van der Waals surface area contributed by atoms with Gasteiger partial charge in [0.15, 0.2) is 6.10 Å². The first-order valence-corrected chi connectivity index (χ1v) is 30.2. The fraction of sp³-hybridized carbons (Fsp3) is 0.712. The van der Waals surface area contributed by atoms with Crippen LogP contribution in [0.15, 0.2) is 97.2 Å². The van der Waals surface area contributed by atoms with Gasteiger partial charge in [0.1, 0.15) is 13.2 Å². The second kappa shape index (κ2) is 59.9. The van der Waals surface area contributed by atoms with Crippen molar-refractivity contribution in [3.05, 3.63) is 97.2 Å². The highest BCUT2D eigenvalue weighted by Crippen LogP contribution is 2.15. The van der Waals surface area contributed by atoms with E-state index in [9.17, 15) is 14.4 Å². The molecule has 0 aliphatic carbocycles. The lowest BCUT2D eigenvalue weighted by atomic mass is 10.1. The molecule has 0 unspecified atom stereocenters. The van der Waals surface area contributed by atoms with E-state index in [2.05, 4.69) is 112 Å². The smallest absolute Gasteiger partial charge is 0.306 e. The van der Waals surface area contributed by atoms with E-state index in [0.29, 0.717) is 19.3 Å². The fourth-order valence-corrected chi connectivity index (χ4v) is 8.28. The van der Waals surface area contributed by atoms with Crippen molar-refractivity contribution in [2.45, 2.75) is 290 Å². The number of rotatable bonds is 54. The van der Waals surface area contributed by atoms with Crippen LogP contribution < -0.4 is 0 Å². The summed E-state index contributed by atoms with van der Waals surface area (Å²) in [6.07, 6.45) is 79.8. The van der Waals surface area contributed by atoms with Gasteiger partial charge in [-0.05, 0) is 109 Å². The summed E-state index contributed by atoms with van der Waals surface area (Å²) in [5.74, 6) is -1.000. The Morgan fingerprint density at radius 1 is 0.292 bits per heavy atom. The number of carbonyl (C=O) groups excluding carboxylic acids is 3. The van der Waals surface area contributed by atoms with Crippen LogP contribution in [0.2, 0.25) is 0 Å². The predicted molar refractivity (Wildman–Crippen MR) is 311 cm³/mol. The second-order valence-corrected chi connectivity index (χ2v) is 19.9. The maximum Gasteiger partial charge on any atom is 0.306 e. The highest BCUT2D eigenvalue weighted by atomic mass is 16.6. The van der Waals surface area contributed by atoms with Crippen molar-refractivity contribution in [1.29, 1.82) is 0 Å². The van der Waals surface area contributed by atoms with Crippen LogP contribution in [0.3, 0.4) is 0 Å². The van der Waals surface area contributed by atoms with Gasteiger partial charge in [0.2, 0.25) is 0 Å². The zero-order valence-electron chi connectivity index (χ0n) is 47.2. The first kappa shape index (κ1) is 68.3. The Morgan fingerprint density at radius 3 is 0.931 bits per heavy atom. The van der Waals surface area contributed by atoms with E-state index in [1.54, 1.807) is 0 Å².